The number of pyridine rings is 1. The molecule has 7 atom stereocenters. The molecular weight excluding hydrogens is 558 g/mol. The summed E-state index contributed by atoms with van der Waals surface area (Å²) in [6, 6.07) is 9.32. The number of aliphatic carboxylic acids is 1. The third-order valence-corrected chi connectivity index (χ3v) is 10.4. The zero-order chi connectivity index (χ0) is 30.1. The van der Waals surface area contributed by atoms with Gasteiger partial charge in [-0.25, -0.2) is 9.59 Å². The van der Waals surface area contributed by atoms with Gasteiger partial charge >= 0.3 is 11.9 Å². The number of carbonyl (C=O) groups excluding carboxylic acids is 2. The number of likely N-dealkylation sites (tertiary alicyclic amines) is 1. The predicted octanol–water partition coefficient (Wildman–Crippen LogP) is 3.68. The number of carbonyl (C=O) groups is 4. The van der Waals surface area contributed by atoms with E-state index in [2.05, 4.69) is 15.2 Å². The summed E-state index contributed by atoms with van der Waals surface area (Å²) in [5, 5.41) is 32.6. The van der Waals surface area contributed by atoms with Crippen molar-refractivity contribution in [3.05, 3.63) is 70.4 Å². The van der Waals surface area contributed by atoms with E-state index in [0.717, 1.165) is 10.5 Å². The molecule has 2 aromatic rings. The number of anilines is 1. The largest absolute Gasteiger partial charge is 0.478 e. The van der Waals surface area contributed by atoms with Gasteiger partial charge in [0.1, 0.15) is 5.78 Å². The van der Waals surface area contributed by atoms with Crippen LogP contribution in [0.4, 0.5) is 5.69 Å². The van der Waals surface area contributed by atoms with Gasteiger partial charge in [-0.2, -0.15) is 0 Å². The number of carboxylic acid groups (broad SMARTS) is 2. The number of allylic oxidation sites excluding steroid dienone is 1. The number of rotatable bonds is 9. The number of nitrogens with one attached hydrogen (secondary N) is 1. The Kier molecular flexibility index (Phi) is 8.81. The number of hydrogen-bond acceptors (Lipinski definition) is 8. The van der Waals surface area contributed by atoms with E-state index in [1.807, 2.05) is 19.1 Å². The van der Waals surface area contributed by atoms with E-state index in [1.54, 1.807) is 31.5 Å². The molecule has 42 heavy (non-hydrogen) atoms. The molecule has 2 aliphatic carbocycles. The molecule has 2 fully saturated rings. The third kappa shape index (κ3) is 5.99. The Morgan fingerprint density at radius 3 is 2.55 bits per heavy atom. The number of aliphatic hydroxyl groups is 1. The Bertz CT molecular complexity index is 1410. The number of Topliss-reactive ketones (excluding diaryl/α,β-unsaturated/α-hetero) is 1. The highest BCUT2D eigenvalue weighted by molar-refractivity contribution is 8.03. The van der Waals surface area contributed by atoms with Gasteiger partial charge in [0, 0.05) is 53.8 Å². The molecular formula is C31H35N3O7S. The lowest BCUT2D eigenvalue weighted by molar-refractivity contribution is -0.153. The molecule has 5 rings (SSSR count). The molecule has 222 valence electrons. The average molecular weight is 594 g/mol. The quantitative estimate of drug-likeness (QED) is 0.338. The highest BCUT2D eigenvalue weighted by Gasteiger charge is 2.55. The van der Waals surface area contributed by atoms with Crippen molar-refractivity contribution < 1.29 is 34.5 Å². The van der Waals surface area contributed by atoms with Gasteiger partial charge in [-0.3, -0.25) is 19.5 Å². The summed E-state index contributed by atoms with van der Waals surface area (Å²) in [7, 11) is 0. The number of aromatic nitrogens is 1. The molecule has 3 aliphatic rings. The number of thioether (sulfide) groups is 1. The van der Waals surface area contributed by atoms with Crippen LogP contribution in [0.2, 0.25) is 0 Å². The molecule has 11 heteroatoms. The Morgan fingerprint density at radius 1 is 1.14 bits per heavy atom. The van der Waals surface area contributed by atoms with Gasteiger partial charge in [0.05, 0.1) is 17.7 Å². The molecule has 1 aromatic carbocycles. The molecule has 2 heterocycles. The van der Waals surface area contributed by atoms with Gasteiger partial charge in [-0.1, -0.05) is 13.0 Å². The molecule has 1 saturated heterocycles. The second-order valence-corrected chi connectivity index (χ2v) is 12.8. The van der Waals surface area contributed by atoms with Crippen molar-refractivity contribution in [2.24, 2.45) is 23.7 Å². The minimum Gasteiger partial charge on any atom is -0.478 e. The number of ketones is 1. The summed E-state index contributed by atoms with van der Waals surface area (Å²) in [5.74, 6) is -3.42. The van der Waals surface area contributed by atoms with Crippen molar-refractivity contribution in [2.75, 3.05) is 11.9 Å². The second kappa shape index (κ2) is 12.4. The summed E-state index contributed by atoms with van der Waals surface area (Å²) in [4.78, 5) is 57.1. The summed E-state index contributed by atoms with van der Waals surface area (Å²) in [6.07, 6.45) is 3.79. The number of benzene rings is 1. The smallest absolute Gasteiger partial charge is 0.335 e. The molecule has 1 saturated carbocycles. The topological polar surface area (TPSA) is 157 Å². The van der Waals surface area contributed by atoms with Crippen molar-refractivity contribution in [3.8, 4) is 0 Å². The molecule has 0 bridgehead atoms. The van der Waals surface area contributed by atoms with E-state index in [9.17, 15) is 34.5 Å². The lowest BCUT2D eigenvalue weighted by Crippen LogP contribution is -2.54. The standard InChI is InChI=1S/C31H35N3O7S/c1-16-25-22(27(36)26(25)17(2)35)6-7-23(31(40)41)28(16)42-21-13-24(34(15-21)14-18-8-10-32-11-9-18)29(37)33-20-5-3-4-19(12-20)30(38)39/h3-5,8-12,16-17,21-22,24-26,35H,6-7,13-15H2,1-2H3,(H,33,37)(H,38,39)(H,40,41)/t16?,17-,21+,22-,24+,25?,26-/m1/s1. The number of hydrogen-bond donors (Lipinski definition) is 4. The van der Waals surface area contributed by atoms with Crippen LogP contribution in [0.15, 0.2) is 59.3 Å². The number of fused-ring (bicyclic) bond motifs is 1. The fraction of sp³-hybridized carbons (Fsp3) is 0.452. The number of aliphatic hydroxyl groups excluding tert-OH is 1. The van der Waals surface area contributed by atoms with E-state index in [4.69, 9.17) is 0 Å². The average Bonchev–Trinajstić information content (AvgIpc) is 3.29. The molecule has 1 aromatic heterocycles. The first-order valence-corrected chi connectivity index (χ1v) is 15.0. The zero-order valence-corrected chi connectivity index (χ0v) is 24.3. The molecule has 10 nitrogen and oxygen atoms in total. The fourth-order valence-corrected chi connectivity index (χ4v) is 8.43. The Morgan fingerprint density at radius 2 is 1.88 bits per heavy atom. The van der Waals surface area contributed by atoms with Crippen molar-refractivity contribution in [1.82, 2.24) is 9.88 Å². The van der Waals surface area contributed by atoms with Crippen LogP contribution in [0.3, 0.4) is 0 Å². The Labute approximate surface area is 248 Å². The van der Waals surface area contributed by atoms with E-state index in [0.29, 0.717) is 43.6 Å². The number of aromatic carboxylic acids is 1. The number of carboxylic acids is 2. The fourth-order valence-electron chi connectivity index (χ4n) is 6.83. The van der Waals surface area contributed by atoms with Crippen molar-refractivity contribution in [2.45, 2.75) is 57.1 Å². The van der Waals surface area contributed by atoms with Crippen molar-refractivity contribution in [1.29, 1.82) is 0 Å². The molecule has 0 radical (unpaired) electrons. The van der Waals surface area contributed by atoms with Gasteiger partial charge in [0.15, 0.2) is 0 Å². The first-order chi connectivity index (χ1) is 20.0. The van der Waals surface area contributed by atoms with Gasteiger partial charge in [-0.15, -0.1) is 11.8 Å². The molecule has 4 N–H and O–H groups in total. The zero-order valence-electron chi connectivity index (χ0n) is 23.5. The van der Waals surface area contributed by atoms with Crippen LogP contribution < -0.4 is 5.32 Å². The van der Waals surface area contributed by atoms with Gasteiger partial charge in [-0.05, 0) is 78.8 Å². The summed E-state index contributed by atoms with van der Waals surface area (Å²) in [5.41, 5.74) is 1.75. The summed E-state index contributed by atoms with van der Waals surface area (Å²) >= 11 is 1.48. The van der Waals surface area contributed by atoms with Gasteiger partial charge < -0.3 is 20.6 Å². The van der Waals surface area contributed by atoms with Gasteiger partial charge in [0.2, 0.25) is 5.91 Å². The van der Waals surface area contributed by atoms with Crippen LogP contribution >= 0.6 is 11.8 Å². The van der Waals surface area contributed by atoms with E-state index < -0.39 is 30.0 Å². The molecule has 1 aliphatic heterocycles. The minimum absolute atomic E-state index is 0.0194. The maximum absolute atomic E-state index is 13.6. The Hall–Kier alpha value is -3.54. The predicted molar refractivity (Wildman–Crippen MR) is 157 cm³/mol. The first-order valence-electron chi connectivity index (χ1n) is 14.2. The third-order valence-electron chi connectivity index (χ3n) is 8.82. The van der Waals surface area contributed by atoms with E-state index >= 15 is 0 Å². The lowest BCUT2D eigenvalue weighted by Gasteiger charge is -2.47. The van der Waals surface area contributed by atoms with Crippen LogP contribution in [-0.2, 0) is 20.9 Å². The summed E-state index contributed by atoms with van der Waals surface area (Å²) < 4.78 is 0. The van der Waals surface area contributed by atoms with E-state index in [-0.39, 0.29) is 40.3 Å². The number of amides is 1. The van der Waals surface area contributed by atoms with Crippen molar-refractivity contribution in [3.63, 3.8) is 0 Å². The van der Waals surface area contributed by atoms with Crippen LogP contribution in [0, 0.1) is 23.7 Å². The maximum Gasteiger partial charge on any atom is 0.335 e. The Balaban J connectivity index is 1.40. The summed E-state index contributed by atoms with van der Waals surface area (Å²) in [6.45, 7) is 4.58. The minimum atomic E-state index is -1.09. The van der Waals surface area contributed by atoms with E-state index in [1.165, 1.54) is 23.9 Å². The van der Waals surface area contributed by atoms with Crippen LogP contribution in [0.25, 0.3) is 0 Å². The molecule has 1 amide bonds. The molecule has 0 spiro atoms. The SMILES string of the molecule is CC1C(S[C@H]2C[C@@H](C(=O)Nc3cccc(C(=O)O)c3)N(Cc3ccncc3)C2)=C(C(=O)O)CC[C@H]2C(=O)[C@H]([C@@H](C)O)C12. The highest BCUT2D eigenvalue weighted by atomic mass is 32.2. The second-order valence-electron chi connectivity index (χ2n) is 11.5. The maximum atomic E-state index is 13.6. The van der Waals surface area contributed by atoms with Gasteiger partial charge in [0.25, 0.3) is 0 Å². The number of nitrogens with zero attached hydrogens (tertiary/aromatic N) is 2. The normalized spacial score (nSPS) is 28.4. The highest BCUT2D eigenvalue weighted by Crippen LogP contribution is 2.54. The lowest BCUT2D eigenvalue weighted by atomic mass is 9.57. The molecule has 2 unspecified atom stereocenters. The van der Waals surface area contributed by atoms with Crippen LogP contribution in [0.1, 0.15) is 49.0 Å². The first kappa shape index (κ1) is 29.9. The van der Waals surface area contributed by atoms with Crippen molar-refractivity contribution >= 4 is 41.1 Å². The van der Waals surface area contributed by atoms with Crippen LogP contribution in [0.5, 0.6) is 0 Å². The monoisotopic (exact) mass is 593 g/mol. The van der Waals surface area contributed by atoms with Crippen LogP contribution in [-0.4, -0.2) is 72.8 Å².